The van der Waals surface area contributed by atoms with E-state index in [4.69, 9.17) is 4.55 Å². The summed E-state index contributed by atoms with van der Waals surface area (Å²) in [7, 11) is -4.86. The smallest absolute Gasteiger partial charge is 0.506 e. The zero-order chi connectivity index (χ0) is 40.2. The number of para-hydroxylation sites is 2. The third-order valence-corrected chi connectivity index (χ3v) is 7.32. The number of nitrogens with zero attached hydrogens (tertiary/aromatic N) is 4. The predicted molar refractivity (Wildman–Crippen MR) is 193 cm³/mol. The van der Waals surface area contributed by atoms with Crippen molar-refractivity contribution in [3.8, 4) is 11.5 Å². The van der Waals surface area contributed by atoms with Crippen LogP contribution in [-0.2, 0) is 46.1 Å². The van der Waals surface area contributed by atoms with Crippen LogP contribution in [0.4, 0.5) is 34.1 Å². The Morgan fingerprint density at radius 3 is 1.49 bits per heavy atom. The second kappa shape index (κ2) is 23.9. The molecule has 4 rings (SSSR count). The average Bonchev–Trinajstić information content (AvgIpc) is 3.10. The van der Waals surface area contributed by atoms with Gasteiger partial charge in [0.1, 0.15) is 22.0 Å². The van der Waals surface area contributed by atoms with Gasteiger partial charge in [-0.2, -0.15) is 18.6 Å². The SMILES string of the molecule is CC(=O)/C(=N\Nc1cc(S(=O)(=O)O)cc([N+](=O)[O-])c1O)C(=O)Nc1ccccc1.CC(=O)/C(=N\Nc1cc([N+](=O)[O-])ccc1O)C(=O)Nc1ccccc1.[Co].[Na+].[Na+]. The average molecular weight is 870 g/mol. The quantitative estimate of drug-likeness (QED) is 0.0143. The van der Waals surface area contributed by atoms with Gasteiger partial charge in [0.2, 0.25) is 5.75 Å². The second-order valence-corrected chi connectivity index (χ2v) is 11.8. The van der Waals surface area contributed by atoms with Crippen molar-refractivity contribution >= 4 is 79.0 Å². The first-order chi connectivity index (χ1) is 25.4. The Labute approximate surface area is 377 Å². The molecule has 0 saturated carbocycles. The molecule has 4 aromatic carbocycles. The van der Waals surface area contributed by atoms with Crippen LogP contribution in [0.5, 0.6) is 11.5 Å². The molecule has 0 aromatic heterocycles. The van der Waals surface area contributed by atoms with Crippen LogP contribution >= 0.6 is 0 Å². The first-order valence-electron chi connectivity index (χ1n) is 14.8. The maximum atomic E-state index is 12.3. The Hall–Kier alpha value is -5.08. The van der Waals surface area contributed by atoms with Gasteiger partial charge in [0.25, 0.3) is 27.6 Å². The number of non-ortho nitro benzene ring substituents is 1. The minimum atomic E-state index is -4.86. The van der Waals surface area contributed by atoms with Gasteiger partial charge < -0.3 is 20.8 Å². The monoisotopic (exact) mass is 869 g/mol. The predicted octanol–water partition coefficient (Wildman–Crippen LogP) is -2.16. The Morgan fingerprint density at radius 1 is 0.667 bits per heavy atom. The van der Waals surface area contributed by atoms with Crippen molar-refractivity contribution in [3.63, 3.8) is 0 Å². The van der Waals surface area contributed by atoms with Crippen molar-refractivity contribution in [2.75, 3.05) is 21.5 Å². The number of carbonyl (C=O) groups is 4. The zero-order valence-electron chi connectivity index (χ0n) is 30.1. The van der Waals surface area contributed by atoms with Crippen LogP contribution in [0.15, 0.2) is 106 Å². The topological polar surface area (TPSA) is 322 Å². The summed E-state index contributed by atoms with van der Waals surface area (Å²) < 4.78 is 31.7. The molecule has 0 aliphatic heterocycles. The number of hydrazone groups is 2. The van der Waals surface area contributed by atoms with E-state index in [-0.39, 0.29) is 93.0 Å². The summed E-state index contributed by atoms with van der Waals surface area (Å²) in [6.45, 7) is 2.18. The summed E-state index contributed by atoms with van der Waals surface area (Å²) in [5.41, 5.74) is 2.01. The van der Waals surface area contributed by atoms with Crippen LogP contribution < -0.4 is 80.6 Å². The van der Waals surface area contributed by atoms with E-state index >= 15 is 0 Å². The number of benzene rings is 4. The van der Waals surface area contributed by atoms with Gasteiger partial charge in [-0.25, -0.2) is 0 Å². The second-order valence-electron chi connectivity index (χ2n) is 10.4. The van der Waals surface area contributed by atoms with Gasteiger partial charge in [-0.15, -0.1) is 0 Å². The van der Waals surface area contributed by atoms with Gasteiger partial charge in [0.05, 0.1) is 9.85 Å². The number of Topliss-reactive ketones (excluding diaryl/α,β-unsaturated/α-hetero) is 2. The molecule has 25 heteroatoms. The number of hydrogen-bond acceptors (Lipinski definition) is 16. The maximum absolute atomic E-state index is 12.3. The summed E-state index contributed by atoms with van der Waals surface area (Å²) in [5.74, 6) is -4.41. The molecule has 0 bridgehead atoms. The third kappa shape index (κ3) is 15.8. The molecule has 0 atom stereocenters. The van der Waals surface area contributed by atoms with Crippen LogP contribution in [-0.4, -0.2) is 67.8 Å². The number of phenolic OH excluding ortho intramolecular Hbond substituents is 2. The normalized spacial score (nSPS) is 10.6. The Bertz CT molecular complexity index is 2300. The molecule has 2 amide bonds. The molecule has 289 valence electrons. The summed E-state index contributed by atoms with van der Waals surface area (Å²) >= 11 is 0. The molecule has 0 heterocycles. The van der Waals surface area contributed by atoms with E-state index in [1.165, 1.54) is 0 Å². The molecule has 0 aliphatic carbocycles. The molecule has 0 saturated heterocycles. The number of ketones is 2. The molecule has 0 aliphatic rings. The number of rotatable bonds is 13. The third-order valence-electron chi connectivity index (χ3n) is 6.49. The number of carbonyl (C=O) groups excluding carboxylic acids is 4. The number of aromatic hydroxyl groups is 2. The summed E-state index contributed by atoms with van der Waals surface area (Å²) in [6.07, 6.45) is 0. The number of amides is 2. The molecule has 4 aromatic rings. The van der Waals surface area contributed by atoms with Gasteiger partial charge in [-0.1, -0.05) is 36.4 Å². The van der Waals surface area contributed by atoms with Gasteiger partial charge in [0.15, 0.2) is 23.0 Å². The summed E-state index contributed by atoms with van der Waals surface area (Å²) in [4.78, 5) is 66.9. The number of hydrogen-bond donors (Lipinski definition) is 7. The largest absolute Gasteiger partial charge is 1.00 e. The molecule has 57 heavy (non-hydrogen) atoms. The number of nitro groups is 2. The first-order valence-corrected chi connectivity index (χ1v) is 16.2. The fraction of sp³-hybridized carbons (Fsp3) is 0.0625. The standard InChI is InChI=1S/C16H14N4O8S.C16H14N4O5.Co.2Na/c1-9(21)14(16(23)17-10-5-3-2-4-6-10)19-18-12-7-11(29(26,27)28)8-13(15(12)22)20(24)25;1-10(21)15(16(23)17-11-5-3-2-4-6-11)19-18-13-9-12(20(24)25)7-8-14(13)22;;;/h2-8,18,22H,1H3,(H,17,23)(H,26,27,28);2-9,18,22H,1H3,(H,17,23);;;/q;;;2*+1/b19-14+;19-15+;;;. The van der Waals surface area contributed by atoms with Crippen molar-refractivity contribution in [2.24, 2.45) is 10.2 Å². The Morgan fingerprint density at radius 2 is 1.11 bits per heavy atom. The number of phenols is 2. The van der Waals surface area contributed by atoms with Crippen molar-refractivity contribution in [2.45, 2.75) is 18.7 Å². The van der Waals surface area contributed by atoms with Crippen LogP contribution in [0.25, 0.3) is 0 Å². The van der Waals surface area contributed by atoms with Gasteiger partial charge in [0, 0.05) is 60.2 Å². The number of nitro benzene ring substituents is 2. The van der Waals surface area contributed by atoms with E-state index in [1.54, 1.807) is 60.7 Å². The fourth-order valence-electron chi connectivity index (χ4n) is 3.93. The fourth-order valence-corrected chi connectivity index (χ4v) is 4.46. The molecule has 21 nitrogen and oxygen atoms in total. The molecule has 1 radical (unpaired) electrons. The van der Waals surface area contributed by atoms with Crippen LogP contribution in [0.3, 0.4) is 0 Å². The molecule has 0 unspecified atom stereocenters. The van der Waals surface area contributed by atoms with E-state index in [1.807, 2.05) is 5.43 Å². The molecule has 0 spiro atoms. The van der Waals surface area contributed by atoms with E-state index in [0.29, 0.717) is 23.5 Å². The van der Waals surface area contributed by atoms with E-state index in [9.17, 15) is 58.0 Å². The van der Waals surface area contributed by atoms with Crippen LogP contribution in [0.1, 0.15) is 13.8 Å². The first kappa shape index (κ1) is 51.9. The van der Waals surface area contributed by atoms with E-state index < -0.39 is 76.8 Å². The molecule has 0 fully saturated rings. The van der Waals surface area contributed by atoms with Crippen molar-refractivity contribution < 1.29 is 128 Å². The van der Waals surface area contributed by atoms with Crippen molar-refractivity contribution in [3.05, 3.63) is 111 Å². The Kier molecular flexibility index (Phi) is 21.7. The van der Waals surface area contributed by atoms with Gasteiger partial charge in [-0.05, 0) is 36.4 Å². The minimum absolute atomic E-state index is 0. The Balaban J connectivity index is 0.00000105. The minimum Gasteiger partial charge on any atom is -0.506 e. The summed E-state index contributed by atoms with van der Waals surface area (Å²) in [6, 6.07) is 20.9. The number of anilines is 4. The van der Waals surface area contributed by atoms with Crippen molar-refractivity contribution in [1.29, 1.82) is 0 Å². The maximum Gasteiger partial charge on any atom is 1.00 e. The zero-order valence-corrected chi connectivity index (χ0v) is 36.0. The van der Waals surface area contributed by atoms with Crippen molar-refractivity contribution in [1.82, 2.24) is 0 Å². The molecular formula is C32H28CoN8Na2O13S+2. The molecule has 7 N–H and O–H groups in total. The van der Waals surface area contributed by atoms with Crippen LogP contribution in [0.2, 0.25) is 0 Å². The number of nitrogens with one attached hydrogen (secondary N) is 4. The summed E-state index contributed by atoms with van der Waals surface area (Å²) in [5, 5.41) is 53.5. The van der Waals surface area contributed by atoms with Gasteiger partial charge >= 0.3 is 64.8 Å². The van der Waals surface area contributed by atoms with Gasteiger partial charge in [-0.3, -0.25) is 54.8 Å². The van der Waals surface area contributed by atoms with Crippen LogP contribution in [0, 0.1) is 20.2 Å². The molecular weight excluding hydrogens is 841 g/mol. The van der Waals surface area contributed by atoms with E-state index in [0.717, 1.165) is 32.0 Å². The van der Waals surface area contributed by atoms with E-state index in [2.05, 4.69) is 26.3 Å².